The van der Waals surface area contributed by atoms with Crippen molar-refractivity contribution < 1.29 is 14.3 Å². The molecule has 0 heterocycles. The van der Waals surface area contributed by atoms with Crippen LogP contribution in [0.5, 0.6) is 11.5 Å². The second-order valence-electron chi connectivity index (χ2n) is 4.47. The summed E-state index contributed by atoms with van der Waals surface area (Å²) in [6, 6.07) is 5.10. The molecule has 1 aromatic carbocycles. The molecule has 1 rings (SSSR count). The van der Waals surface area contributed by atoms with E-state index in [1.165, 1.54) is 19.2 Å². The molecule has 21 heavy (non-hydrogen) atoms. The van der Waals surface area contributed by atoms with Crippen molar-refractivity contribution >= 4 is 17.5 Å². The van der Waals surface area contributed by atoms with E-state index in [9.17, 15) is 4.79 Å². The third kappa shape index (κ3) is 4.83. The van der Waals surface area contributed by atoms with Crippen LogP contribution in [0.3, 0.4) is 0 Å². The van der Waals surface area contributed by atoms with Crippen molar-refractivity contribution in [1.82, 2.24) is 5.32 Å². The molecule has 114 valence electrons. The average molecular weight is 311 g/mol. The summed E-state index contributed by atoms with van der Waals surface area (Å²) in [5.74, 6) is 0.374. The number of methoxy groups -OCH3 is 1. The van der Waals surface area contributed by atoms with Gasteiger partial charge in [0.1, 0.15) is 0 Å². The quantitative estimate of drug-likeness (QED) is 0.840. The maximum absolute atomic E-state index is 11.8. The number of nitrogens with one attached hydrogen (secondary N) is 1. The molecule has 0 aliphatic rings. The van der Waals surface area contributed by atoms with Crippen molar-refractivity contribution in [3.63, 3.8) is 0 Å². The minimum absolute atomic E-state index is 0.138. The molecule has 0 atom stereocenters. The first-order valence-electron chi connectivity index (χ1n) is 6.75. The summed E-state index contributed by atoms with van der Waals surface area (Å²) in [5, 5.41) is 12.0. The maximum Gasteiger partial charge on any atom is 0.258 e. The van der Waals surface area contributed by atoms with E-state index in [4.69, 9.17) is 26.3 Å². The number of benzene rings is 1. The zero-order chi connectivity index (χ0) is 15.8. The number of halogens is 1. The van der Waals surface area contributed by atoms with Crippen LogP contribution >= 0.6 is 11.6 Å². The molecular formula is C15H19ClN2O3. The molecule has 0 saturated heterocycles. The lowest BCUT2D eigenvalue weighted by atomic mass is 10.2. The van der Waals surface area contributed by atoms with Gasteiger partial charge < -0.3 is 14.8 Å². The van der Waals surface area contributed by atoms with Gasteiger partial charge in [0.05, 0.1) is 23.8 Å². The summed E-state index contributed by atoms with van der Waals surface area (Å²) in [4.78, 5) is 11.8. The van der Waals surface area contributed by atoms with Gasteiger partial charge in [-0.2, -0.15) is 5.26 Å². The Balaban J connectivity index is 2.75. The van der Waals surface area contributed by atoms with Gasteiger partial charge in [-0.3, -0.25) is 4.79 Å². The normalized spacial score (nSPS) is 10.1. The first-order chi connectivity index (χ1) is 10.0. The lowest BCUT2D eigenvalue weighted by Gasteiger charge is -2.16. The second kappa shape index (κ2) is 8.38. The molecule has 1 aromatic rings. The number of hydrogen-bond donors (Lipinski definition) is 1. The van der Waals surface area contributed by atoms with Gasteiger partial charge in [-0.25, -0.2) is 0 Å². The van der Waals surface area contributed by atoms with E-state index in [0.717, 1.165) is 12.8 Å². The highest BCUT2D eigenvalue weighted by atomic mass is 35.5. The van der Waals surface area contributed by atoms with Gasteiger partial charge in [-0.15, -0.1) is 0 Å². The fourth-order valence-corrected chi connectivity index (χ4v) is 2.09. The molecule has 0 aromatic heterocycles. The highest BCUT2D eigenvalue weighted by Gasteiger charge is 2.15. The van der Waals surface area contributed by atoms with E-state index in [2.05, 4.69) is 5.32 Å². The van der Waals surface area contributed by atoms with Gasteiger partial charge in [0.25, 0.3) is 5.91 Å². The fourth-order valence-electron chi connectivity index (χ4n) is 1.82. The lowest BCUT2D eigenvalue weighted by Crippen LogP contribution is -2.37. The largest absolute Gasteiger partial charge is 0.493 e. The van der Waals surface area contributed by atoms with Crippen molar-refractivity contribution in [2.45, 2.75) is 32.7 Å². The zero-order valence-corrected chi connectivity index (χ0v) is 13.2. The first kappa shape index (κ1) is 17.1. The van der Waals surface area contributed by atoms with Gasteiger partial charge in [-0.1, -0.05) is 25.4 Å². The molecule has 1 N–H and O–H groups in total. The Bertz CT molecular complexity index is 536. The molecule has 0 saturated carbocycles. The van der Waals surface area contributed by atoms with E-state index in [1.807, 2.05) is 19.9 Å². The first-order valence-corrected chi connectivity index (χ1v) is 7.13. The van der Waals surface area contributed by atoms with Crippen molar-refractivity contribution in [1.29, 1.82) is 5.26 Å². The number of carbonyl (C=O) groups excluding carboxylic acids is 1. The van der Waals surface area contributed by atoms with Crippen LogP contribution in [0.4, 0.5) is 0 Å². The molecule has 0 aliphatic carbocycles. The zero-order valence-electron chi connectivity index (χ0n) is 12.4. The van der Waals surface area contributed by atoms with Gasteiger partial charge in [0.15, 0.2) is 18.1 Å². The topological polar surface area (TPSA) is 71.3 Å². The summed E-state index contributed by atoms with van der Waals surface area (Å²) >= 11 is 6.05. The summed E-state index contributed by atoms with van der Waals surface area (Å²) in [6.07, 6.45) is 1.73. The monoisotopic (exact) mass is 310 g/mol. The van der Waals surface area contributed by atoms with Gasteiger partial charge >= 0.3 is 0 Å². The van der Waals surface area contributed by atoms with Gasteiger partial charge in [0, 0.05) is 12.1 Å². The van der Waals surface area contributed by atoms with Gasteiger partial charge in [-0.05, 0) is 18.9 Å². The van der Waals surface area contributed by atoms with Crippen molar-refractivity contribution in [3.8, 4) is 17.6 Å². The Hall–Kier alpha value is -1.93. The lowest BCUT2D eigenvalue weighted by molar-refractivity contribution is -0.123. The molecule has 0 spiro atoms. The Labute approximate surface area is 129 Å². The molecule has 0 unspecified atom stereocenters. The molecular weight excluding hydrogens is 292 g/mol. The summed E-state index contributed by atoms with van der Waals surface area (Å²) < 4.78 is 10.6. The number of ether oxygens (including phenoxy) is 2. The van der Waals surface area contributed by atoms with Crippen molar-refractivity contribution in [2.75, 3.05) is 13.7 Å². The third-order valence-electron chi connectivity index (χ3n) is 3.06. The molecule has 0 aliphatic heterocycles. The van der Waals surface area contributed by atoms with E-state index < -0.39 is 0 Å². The Morgan fingerprint density at radius 1 is 1.43 bits per heavy atom. The fraction of sp³-hybridized carbons (Fsp3) is 0.467. The molecule has 0 bridgehead atoms. The van der Waals surface area contributed by atoms with Crippen molar-refractivity contribution in [2.24, 2.45) is 0 Å². The summed E-state index contributed by atoms with van der Waals surface area (Å²) in [5.41, 5.74) is 0.366. The molecule has 0 radical (unpaired) electrons. The summed E-state index contributed by atoms with van der Waals surface area (Å²) in [7, 11) is 1.45. The summed E-state index contributed by atoms with van der Waals surface area (Å²) in [6.45, 7) is 3.87. The molecule has 6 heteroatoms. The number of nitriles is 1. The molecule has 1 amide bonds. The van der Waals surface area contributed by atoms with Crippen LogP contribution < -0.4 is 14.8 Å². The highest BCUT2D eigenvalue weighted by molar-refractivity contribution is 6.32. The van der Waals surface area contributed by atoms with E-state index in [-0.39, 0.29) is 29.3 Å². The second-order valence-corrected chi connectivity index (χ2v) is 4.88. The maximum atomic E-state index is 11.8. The van der Waals surface area contributed by atoms with E-state index in [0.29, 0.717) is 11.3 Å². The minimum atomic E-state index is -0.217. The Kier molecular flexibility index (Phi) is 6.83. The van der Waals surface area contributed by atoms with Crippen LogP contribution in [0.2, 0.25) is 5.02 Å². The highest BCUT2D eigenvalue weighted by Crippen LogP contribution is 2.36. The number of hydrogen-bond acceptors (Lipinski definition) is 4. The number of amides is 1. The molecule has 5 nitrogen and oxygen atoms in total. The molecule has 0 fully saturated rings. The van der Waals surface area contributed by atoms with Gasteiger partial charge in [0.2, 0.25) is 0 Å². The van der Waals surface area contributed by atoms with Crippen LogP contribution in [-0.2, 0) is 4.79 Å². The number of nitrogens with zero attached hydrogens (tertiary/aromatic N) is 1. The standard InChI is InChI=1S/C15H19ClN2O3/c1-4-11(5-2)18-14(19)9-21-15-12(16)6-10(8-17)7-13(15)20-3/h6-7,11H,4-5,9H2,1-3H3,(H,18,19). The predicted molar refractivity (Wildman–Crippen MR) is 80.7 cm³/mol. The van der Waals surface area contributed by atoms with Crippen molar-refractivity contribution in [3.05, 3.63) is 22.7 Å². The van der Waals surface area contributed by atoms with Crippen LogP contribution in [0, 0.1) is 11.3 Å². The number of carbonyl (C=O) groups is 1. The van der Waals surface area contributed by atoms with Crippen LogP contribution in [0.1, 0.15) is 32.3 Å². The number of rotatable bonds is 7. The van der Waals surface area contributed by atoms with Crippen LogP contribution in [-0.4, -0.2) is 25.7 Å². The van der Waals surface area contributed by atoms with E-state index >= 15 is 0 Å². The van der Waals surface area contributed by atoms with Crippen LogP contribution in [0.15, 0.2) is 12.1 Å². The SMILES string of the molecule is CCC(CC)NC(=O)COc1c(Cl)cc(C#N)cc1OC. The minimum Gasteiger partial charge on any atom is -0.493 e. The van der Waals surface area contributed by atoms with E-state index in [1.54, 1.807) is 0 Å². The Morgan fingerprint density at radius 3 is 2.62 bits per heavy atom. The Morgan fingerprint density at radius 2 is 2.10 bits per heavy atom. The smallest absolute Gasteiger partial charge is 0.258 e. The predicted octanol–water partition coefficient (Wildman–Crippen LogP) is 2.90. The average Bonchev–Trinajstić information content (AvgIpc) is 2.50. The van der Waals surface area contributed by atoms with Crippen LogP contribution in [0.25, 0.3) is 0 Å². The third-order valence-corrected chi connectivity index (χ3v) is 3.34.